The maximum absolute atomic E-state index is 12.9. The number of carbonyl (C=O) groups excluding carboxylic acids is 1. The molecular formula is C15H20FNO2. The van der Waals surface area contributed by atoms with Gasteiger partial charge in [-0.15, -0.1) is 0 Å². The Morgan fingerprint density at radius 3 is 2.58 bits per heavy atom. The molecule has 1 N–H and O–H groups in total. The van der Waals surface area contributed by atoms with Crippen molar-refractivity contribution in [3.05, 3.63) is 29.6 Å². The number of amides is 1. The third kappa shape index (κ3) is 2.88. The van der Waals surface area contributed by atoms with E-state index in [4.69, 9.17) is 0 Å². The first-order chi connectivity index (χ1) is 8.95. The Hall–Kier alpha value is -1.58. The molecule has 0 aliphatic carbocycles. The van der Waals surface area contributed by atoms with Crippen molar-refractivity contribution in [1.29, 1.82) is 0 Å². The lowest BCUT2D eigenvalue weighted by molar-refractivity contribution is 0.0597. The summed E-state index contributed by atoms with van der Waals surface area (Å²) in [5.41, 5.74) is 0.489. The van der Waals surface area contributed by atoms with Gasteiger partial charge in [-0.05, 0) is 30.4 Å². The van der Waals surface area contributed by atoms with Crippen LogP contribution in [0.1, 0.15) is 43.5 Å². The molecule has 1 amide bonds. The predicted molar refractivity (Wildman–Crippen MR) is 71.6 cm³/mol. The molecule has 1 heterocycles. The second-order valence-corrected chi connectivity index (χ2v) is 5.62. The molecule has 0 bridgehead atoms. The maximum atomic E-state index is 12.9. The Kier molecular flexibility index (Phi) is 3.78. The minimum Gasteiger partial charge on any atom is -0.507 e. The first kappa shape index (κ1) is 13.8. The van der Waals surface area contributed by atoms with E-state index in [9.17, 15) is 14.3 Å². The first-order valence-corrected chi connectivity index (χ1v) is 6.73. The van der Waals surface area contributed by atoms with Crippen molar-refractivity contribution in [2.45, 2.75) is 33.1 Å². The molecule has 0 radical (unpaired) electrons. The third-order valence-electron chi connectivity index (χ3n) is 4.30. The largest absolute Gasteiger partial charge is 0.507 e. The molecule has 0 unspecified atom stereocenters. The van der Waals surface area contributed by atoms with E-state index in [-0.39, 0.29) is 17.2 Å². The van der Waals surface area contributed by atoms with Crippen molar-refractivity contribution in [3.8, 4) is 5.75 Å². The summed E-state index contributed by atoms with van der Waals surface area (Å²) in [6, 6.07) is 3.53. The van der Waals surface area contributed by atoms with Gasteiger partial charge < -0.3 is 10.0 Å². The second kappa shape index (κ2) is 5.19. The van der Waals surface area contributed by atoms with E-state index in [1.54, 1.807) is 4.90 Å². The highest BCUT2D eigenvalue weighted by Gasteiger charge is 2.31. The van der Waals surface area contributed by atoms with Crippen molar-refractivity contribution < 1.29 is 14.3 Å². The zero-order chi connectivity index (χ0) is 14.0. The Bertz CT molecular complexity index is 479. The van der Waals surface area contributed by atoms with Gasteiger partial charge in [0.2, 0.25) is 0 Å². The molecular weight excluding hydrogens is 245 g/mol. The average molecular weight is 265 g/mol. The van der Waals surface area contributed by atoms with Crippen molar-refractivity contribution in [3.63, 3.8) is 0 Å². The van der Waals surface area contributed by atoms with Crippen LogP contribution in [0.5, 0.6) is 5.75 Å². The van der Waals surface area contributed by atoms with Crippen LogP contribution in [0.2, 0.25) is 0 Å². The van der Waals surface area contributed by atoms with Crippen LogP contribution in [0.15, 0.2) is 18.2 Å². The number of aromatic hydroxyl groups is 1. The van der Waals surface area contributed by atoms with Crippen LogP contribution in [-0.2, 0) is 0 Å². The number of likely N-dealkylation sites (tertiary alicyclic amines) is 1. The van der Waals surface area contributed by atoms with Crippen LogP contribution in [0, 0.1) is 11.2 Å². The predicted octanol–water partition coefficient (Wildman–Crippen LogP) is 3.18. The van der Waals surface area contributed by atoms with Gasteiger partial charge in [0.05, 0.1) is 5.56 Å². The Labute approximate surface area is 113 Å². The number of hydrogen-bond acceptors (Lipinski definition) is 2. The number of carbonyl (C=O) groups is 1. The molecule has 0 atom stereocenters. The SMILES string of the molecule is CCC1(C)CCN(C(=O)c2ccc(F)cc2O)CC1. The summed E-state index contributed by atoms with van der Waals surface area (Å²) in [5.74, 6) is -1.03. The smallest absolute Gasteiger partial charge is 0.257 e. The van der Waals surface area contributed by atoms with E-state index >= 15 is 0 Å². The molecule has 104 valence electrons. The van der Waals surface area contributed by atoms with Crippen LogP contribution in [0.25, 0.3) is 0 Å². The lowest BCUT2D eigenvalue weighted by Gasteiger charge is -2.39. The molecule has 0 saturated carbocycles. The number of benzene rings is 1. The summed E-state index contributed by atoms with van der Waals surface area (Å²) in [6.07, 6.45) is 3.05. The van der Waals surface area contributed by atoms with E-state index in [0.29, 0.717) is 18.5 Å². The molecule has 4 heteroatoms. The van der Waals surface area contributed by atoms with Crippen LogP contribution in [0.4, 0.5) is 4.39 Å². The van der Waals surface area contributed by atoms with Crippen molar-refractivity contribution in [2.24, 2.45) is 5.41 Å². The van der Waals surface area contributed by atoms with Gasteiger partial charge in [-0.2, -0.15) is 0 Å². The Morgan fingerprint density at radius 2 is 2.05 bits per heavy atom. The normalized spacial score (nSPS) is 18.4. The molecule has 19 heavy (non-hydrogen) atoms. The van der Waals surface area contributed by atoms with Gasteiger partial charge in [0.1, 0.15) is 11.6 Å². The highest BCUT2D eigenvalue weighted by atomic mass is 19.1. The van der Waals surface area contributed by atoms with Gasteiger partial charge in [0.25, 0.3) is 5.91 Å². The van der Waals surface area contributed by atoms with E-state index in [0.717, 1.165) is 25.3 Å². The van der Waals surface area contributed by atoms with Crippen molar-refractivity contribution >= 4 is 5.91 Å². The fourth-order valence-corrected chi connectivity index (χ4v) is 2.46. The Morgan fingerprint density at radius 1 is 1.42 bits per heavy atom. The average Bonchev–Trinajstić information content (AvgIpc) is 2.39. The number of phenols is 1. The van der Waals surface area contributed by atoms with Crippen LogP contribution < -0.4 is 0 Å². The number of nitrogens with zero attached hydrogens (tertiary/aromatic N) is 1. The summed E-state index contributed by atoms with van der Waals surface area (Å²) in [7, 11) is 0. The number of phenolic OH excluding ortho intramolecular Hbond substituents is 1. The van der Waals surface area contributed by atoms with Crippen LogP contribution >= 0.6 is 0 Å². The molecule has 2 rings (SSSR count). The molecule has 1 aliphatic rings. The van der Waals surface area contributed by atoms with Gasteiger partial charge >= 0.3 is 0 Å². The minimum absolute atomic E-state index is 0.182. The standard InChI is InChI=1S/C15H20FNO2/c1-3-15(2)6-8-17(9-7-15)14(19)12-5-4-11(16)10-13(12)18/h4-5,10,18H,3,6-9H2,1-2H3. The van der Waals surface area contributed by atoms with Crippen molar-refractivity contribution in [1.82, 2.24) is 4.90 Å². The van der Waals surface area contributed by atoms with E-state index in [2.05, 4.69) is 13.8 Å². The third-order valence-corrected chi connectivity index (χ3v) is 4.30. The lowest BCUT2D eigenvalue weighted by Crippen LogP contribution is -2.41. The lowest BCUT2D eigenvalue weighted by atomic mass is 9.78. The summed E-state index contributed by atoms with van der Waals surface area (Å²) < 4.78 is 12.9. The zero-order valence-electron chi connectivity index (χ0n) is 11.4. The molecule has 1 saturated heterocycles. The maximum Gasteiger partial charge on any atom is 0.257 e. The minimum atomic E-state index is -0.536. The number of piperidine rings is 1. The molecule has 1 fully saturated rings. The number of hydrogen-bond donors (Lipinski definition) is 1. The van der Waals surface area contributed by atoms with Crippen LogP contribution in [-0.4, -0.2) is 29.0 Å². The molecule has 1 aliphatic heterocycles. The highest BCUT2D eigenvalue weighted by molar-refractivity contribution is 5.96. The summed E-state index contributed by atoms with van der Waals surface area (Å²) in [5, 5.41) is 9.65. The molecule has 3 nitrogen and oxygen atoms in total. The summed E-state index contributed by atoms with van der Waals surface area (Å²) >= 11 is 0. The number of halogens is 1. The van der Waals surface area contributed by atoms with Gasteiger partial charge in [-0.1, -0.05) is 20.3 Å². The highest BCUT2D eigenvalue weighted by Crippen LogP contribution is 2.34. The molecule has 0 spiro atoms. The first-order valence-electron chi connectivity index (χ1n) is 6.73. The monoisotopic (exact) mass is 265 g/mol. The zero-order valence-corrected chi connectivity index (χ0v) is 11.4. The fraction of sp³-hybridized carbons (Fsp3) is 0.533. The Balaban J connectivity index is 2.09. The van der Waals surface area contributed by atoms with Gasteiger partial charge in [-0.25, -0.2) is 4.39 Å². The molecule has 1 aromatic carbocycles. The quantitative estimate of drug-likeness (QED) is 0.892. The number of rotatable bonds is 2. The van der Waals surface area contributed by atoms with Gasteiger partial charge in [-0.3, -0.25) is 4.79 Å². The molecule has 0 aromatic heterocycles. The van der Waals surface area contributed by atoms with Gasteiger partial charge in [0.15, 0.2) is 0 Å². The summed E-state index contributed by atoms with van der Waals surface area (Å²) in [6.45, 7) is 5.80. The fourth-order valence-electron chi connectivity index (χ4n) is 2.46. The molecule has 1 aromatic rings. The van der Waals surface area contributed by atoms with E-state index in [1.807, 2.05) is 0 Å². The summed E-state index contributed by atoms with van der Waals surface area (Å²) in [4.78, 5) is 14.0. The van der Waals surface area contributed by atoms with E-state index < -0.39 is 5.82 Å². The topological polar surface area (TPSA) is 40.5 Å². The van der Waals surface area contributed by atoms with Gasteiger partial charge in [0, 0.05) is 19.2 Å². The second-order valence-electron chi connectivity index (χ2n) is 5.62. The van der Waals surface area contributed by atoms with Crippen LogP contribution in [0.3, 0.4) is 0 Å². The van der Waals surface area contributed by atoms with E-state index in [1.165, 1.54) is 12.1 Å². The van der Waals surface area contributed by atoms with Crippen molar-refractivity contribution in [2.75, 3.05) is 13.1 Å².